The van der Waals surface area contributed by atoms with Gasteiger partial charge >= 0.3 is 11.9 Å². The number of carbonyl (C=O) groups is 2. The number of unbranched alkanes of at least 4 members (excludes halogenated alkanes) is 9. The fraction of sp³-hybridized carbons (Fsp3) is 0.704. The second-order valence-electron chi connectivity index (χ2n) is 8.74. The number of rotatable bonds is 20. The lowest BCUT2D eigenvalue weighted by Crippen LogP contribution is -2.33. The fourth-order valence-electron chi connectivity index (χ4n) is 3.97. The molecule has 0 aliphatic heterocycles. The summed E-state index contributed by atoms with van der Waals surface area (Å²) in [7, 11) is 0. The van der Waals surface area contributed by atoms with E-state index in [4.69, 9.17) is 14.6 Å². The Balaban J connectivity index is 2.56. The highest BCUT2D eigenvalue weighted by Gasteiger charge is 2.24. The Labute approximate surface area is 194 Å². The molecule has 1 aromatic rings. The molecule has 2 unspecified atom stereocenters. The van der Waals surface area contributed by atoms with Crippen LogP contribution in [0.15, 0.2) is 30.3 Å². The van der Waals surface area contributed by atoms with Crippen LogP contribution < -0.4 is 0 Å². The van der Waals surface area contributed by atoms with Crippen LogP contribution in [0.2, 0.25) is 0 Å². The van der Waals surface area contributed by atoms with Crippen molar-refractivity contribution in [3.8, 4) is 0 Å². The van der Waals surface area contributed by atoms with Crippen molar-refractivity contribution in [3.63, 3.8) is 0 Å². The van der Waals surface area contributed by atoms with Crippen molar-refractivity contribution in [1.29, 1.82) is 0 Å². The maximum absolute atomic E-state index is 11.8. The molecule has 0 aromatic heterocycles. The van der Waals surface area contributed by atoms with E-state index in [0.29, 0.717) is 13.0 Å². The molecule has 5 nitrogen and oxygen atoms in total. The van der Waals surface area contributed by atoms with E-state index in [9.17, 15) is 9.59 Å². The van der Waals surface area contributed by atoms with Gasteiger partial charge in [-0.3, -0.25) is 9.59 Å². The summed E-state index contributed by atoms with van der Waals surface area (Å²) in [5, 5.41) is 8.84. The summed E-state index contributed by atoms with van der Waals surface area (Å²) in [6.07, 6.45) is 13.6. The van der Waals surface area contributed by atoms with Gasteiger partial charge in [-0.25, -0.2) is 0 Å². The van der Waals surface area contributed by atoms with E-state index in [-0.39, 0.29) is 24.6 Å². The molecule has 32 heavy (non-hydrogen) atoms. The number of hydrogen-bond donors (Lipinski definition) is 1. The monoisotopic (exact) mass is 448 g/mol. The highest BCUT2D eigenvalue weighted by molar-refractivity contribution is 5.66. The third-order valence-electron chi connectivity index (χ3n) is 5.76. The van der Waals surface area contributed by atoms with Crippen molar-refractivity contribution in [2.24, 2.45) is 0 Å². The zero-order chi connectivity index (χ0) is 23.4. The summed E-state index contributed by atoms with van der Waals surface area (Å²) >= 11 is 0. The average Bonchev–Trinajstić information content (AvgIpc) is 2.77. The van der Waals surface area contributed by atoms with Crippen LogP contribution in [0.1, 0.15) is 109 Å². The smallest absolute Gasteiger partial charge is 0.303 e. The lowest BCUT2D eigenvalue weighted by atomic mass is 9.99. The van der Waals surface area contributed by atoms with Crippen molar-refractivity contribution in [2.75, 3.05) is 0 Å². The second-order valence-corrected chi connectivity index (χ2v) is 8.74. The fourth-order valence-corrected chi connectivity index (χ4v) is 3.97. The first-order valence-corrected chi connectivity index (χ1v) is 12.6. The first-order valence-electron chi connectivity index (χ1n) is 12.6. The van der Waals surface area contributed by atoms with Crippen LogP contribution in [0.4, 0.5) is 0 Å². The number of esters is 1. The van der Waals surface area contributed by atoms with Crippen molar-refractivity contribution < 1.29 is 24.2 Å². The molecule has 182 valence electrons. The van der Waals surface area contributed by atoms with Gasteiger partial charge in [-0.15, -0.1) is 0 Å². The van der Waals surface area contributed by atoms with E-state index in [1.165, 1.54) is 45.4 Å². The summed E-state index contributed by atoms with van der Waals surface area (Å²) in [4.78, 5) is 22.5. The Hall–Kier alpha value is -1.88. The molecule has 0 radical (unpaired) electrons. The molecule has 0 aliphatic rings. The van der Waals surface area contributed by atoms with Crippen LogP contribution in [0.25, 0.3) is 0 Å². The van der Waals surface area contributed by atoms with E-state index in [0.717, 1.165) is 44.1 Å². The molecule has 0 fully saturated rings. The minimum absolute atomic E-state index is 0.173. The lowest BCUT2D eigenvalue weighted by molar-refractivity contribution is -0.157. The Morgan fingerprint density at radius 3 is 1.97 bits per heavy atom. The summed E-state index contributed by atoms with van der Waals surface area (Å²) < 4.78 is 11.9. The quantitative estimate of drug-likeness (QED) is 0.171. The van der Waals surface area contributed by atoms with E-state index in [1.54, 1.807) is 0 Å². The minimum Gasteiger partial charge on any atom is -0.481 e. The Morgan fingerprint density at radius 1 is 0.812 bits per heavy atom. The molecule has 0 amide bonds. The van der Waals surface area contributed by atoms with E-state index < -0.39 is 5.97 Å². The van der Waals surface area contributed by atoms with Gasteiger partial charge < -0.3 is 14.6 Å². The normalized spacial score (nSPS) is 12.9. The molecule has 0 spiro atoms. The van der Waals surface area contributed by atoms with E-state index >= 15 is 0 Å². The number of carboxylic acids is 1. The maximum Gasteiger partial charge on any atom is 0.303 e. The Bertz CT molecular complexity index is 601. The summed E-state index contributed by atoms with van der Waals surface area (Å²) in [6, 6.07) is 10.0. The van der Waals surface area contributed by atoms with Crippen LogP contribution in [0.3, 0.4) is 0 Å². The van der Waals surface area contributed by atoms with Gasteiger partial charge in [0.15, 0.2) is 0 Å². The van der Waals surface area contributed by atoms with Gasteiger partial charge in [-0.2, -0.15) is 0 Å². The minimum atomic E-state index is -0.755. The average molecular weight is 449 g/mol. The van der Waals surface area contributed by atoms with Gasteiger partial charge in [-0.05, 0) is 31.2 Å². The lowest BCUT2D eigenvalue weighted by Gasteiger charge is -2.27. The number of aliphatic carboxylic acids is 1. The molecule has 0 aliphatic carbocycles. The molecule has 1 aromatic carbocycles. The molecule has 2 atom stereocenters. The van der Waals surface area contributed by atoms with Crippen LogP contribution in [0, 0.1) is 0 Å². The van der Waals surface area contributed by atoms with Gasteiger partial charge in [0.2, 0.25) is 0 Å². The highest BCUT2D eigenvalue weighted by atomic mass is 16.6. The predicted molar refractivity (Wildman–Crippen MR) is 129 cm³/mol. The summed E-state index contributed by atoms with van der Waals surface area (Å²) in [5.74, 6) is -1.02. The Morgan fingerprint density at radius 2 is 1.38 bits per heavy atom. The van der Waals surface area contributed by atoms with E-state index in [1.807, 2.05) is 30.3 Å². The van der Waals surface area contributed by atoms with Crippen LogP contribution >= 0.6 is 0 Å². The van der Waals surface area contributed by atoms with Crippen LogP contribution in [-0.2, 0) is 25.7 Å². The maximum atomic E-state index is 11.8. The van der Waals surface area contributed by atoms with Gasteiger partial charge in [0, 0.05) is 13.3 Å². The molecule has 1 rings (SSSR count). The first-order chi connectivity index (χ1) is 15.5. The van der Waals surface area contributed by atoms with Crippen molar-refractivity contribution in [1.82, 2.24) is 0 Å². The van der Waals surface area contributed by atoms with Gasteiger partial charge in [-0.1, -0.05) is 95.0 Å². The number of ether oxygens (including phenoxy) is 2. The number of carbonyl (C=O) groups excluding carboxylic acids is 1. The van der Waals surface area contributed by atoms with Gasteiger partial charge in [0.05, 0.1) is 12.7 Å². The van der Waals surface area contributed by atoms with Crippen molar-refractivity contribution in [3.05, 3.63) is 35.9 Å². The molecular weight excluding hydrogens is 404 g/mol. The molecular formula is C27H44O5. The first kappa shape index (κ1) is 28.2. The van der Waals surface area contributed by atoms with Crippen molar-refractivity contribution >= 4 is 11.9 Å². The summed E-state index contributed by atoms with van der Waals surface area (Å²) in [6.45, 7) is 4.18. The molecule has 1 N–H and O–H groups in total. The van der Waals surface area contributed by atoms with Gasteiger partial charge in [0.1, 0.15) is 6.10 Å². The largest absolute Gasteiger partial charge is 0.481 e. The van der Waals surface area contributed by atoms with Crippen LogP contribution in [-0.4, -0.2) is 29.3 Å². The SMILES string of the molecule is CCCCCCCCCCC(OC(C)=O)C(CCCCCC(=O)O)OCc1ccccc1. The molecule has 0 heterocycles. The highest BCUT2D eigenvalue weighted by Crippen LogP contribution is 2.21. The number of benzene rings is 1. The zero-order valence-electron chi connectivity index (χ0n) is 20.2. The second kappa shape index (κ2) is 18.7. The number of carboxylic acid groups (broad SMARTS) is 1. The molecule has 0 saturated heterocycles. The predicted octanol–water partition coefficient (Wildman–Crippen LogP) is 7.07. The van der Waals surface area contributed by atoms with Crippen LogP contribution in [0.5, 0.6) is 0 Å². The molecule has 0 bridgehead atoms. The molecule has 0 saturated carbocycles. The van der Waals surface area contributed by atoms with E-state index in [2.05, 4.69) is 6.92 Å². The number of hydrogen-bond acceptors (Lipinski definition) is 4. The third-order valence-corrected chi connectivity index (χ3v) is 5.76. The Kier molecular flexibility index (Phi) is 16.4. The van der Waals surface area contributed by atoms with Crippen molar-refractivity contribution in [2.45, 2.75) is 123 Å². The van der Waals surface area contributed by atoms with Gasteiger partial charge in [0.25, 0.3) is 0 Å². The third kappa shape index (κ3) is 15.0. The topological polar surface area (TPSA) is 72.8 Å². The standard InChI is InChI=1S/C27H44O5/c1-3-4-5-6-7-8-9-14-20-26(32-23(2)28)25(19-15-11-16-21-27(29)30)31-22-24-17-12-10-13-18-24/h10,12-13,17-18,25-26H,3-9,11,14-16,19-22H2,1-2H3,(H,29,30). The molecule has 5 heteroatoms. The summed E-state index contributed by atoms with van der Waals surface area (Å²) in [5.41, 5.74) is 1.09. The zero-order valence-corrected chi connectivity index (χ0v) is 20.2.